The molecule has 0 saturated carbocycles. The fourth-order valence-electron chi connectivity index (χ4n) is 5.75. The number of nitrogens with zero attached hydrogens (tertiary/aromatic N) is 2. The first-order valence-electron chi connectivity index (χ1n) is 13.5. The Morgan fingerprint density at radius 3 is 3.00 bits per heavy atom. The Morgan fingerprint density at radius 1 is 1.20 bits per heavy atom. The van der Waals surface area contributed by atoms with E-state index in [0.717, 1.165) is 82.9 Å². The molecular weight excluding hydrogens is 438 g/mol. The molecule has 6 heteroatoms. The minimum Gasteiger partial charge on any atom is -0.490 e. The van der Waals surface area contributed by atoms with E-state index >= 15 is 0 Å². The monoisotopic (exact) mass is 477 g/mol. The Kier molecular flexibility index (Phi) is 8.32. The molecule has 0 radical (unpaired) electrons. The normalized spacial score (nSPS) is 21.8. The smallest absolute Gasteiger partial charge is 0.129 e. The Morgan fingerprint density at radius 2 is 2.11 bits per heavy atom. The summed E-state index contributed by atoms with van der Waals surface area (Å²) >= 11 is 0. The molecule has 5 rings (SSSR count). The lowest BCUT2D eigenvalue weighted by atomic mass is 9.95. The molecule has 3 aliphatic rings. The molecule has 1 N–H and O–H groups in total. The van der Waals surface area contributed by atoms with E-state index in [9.17, 15) is 4.79 Å². The van der Waals surface area contributed by atoms with Crippen molar-refractivity contribution < 1.29 is 14.3 Å². The van der Waals surface area contributed by atoms with Crippen LogP contribution in [0.25, 0.3) is 0 Å². The fourth-order valence-corrected chi connectivity index (χ4v) is 5.75. The van der Waals surface area contributed by atoms with Crippen LogP contribution in [0.1, 0.15) is 61.3 Å². The van der Waals surface area contributed by atoms with Gasteiger partial charge in [0.2, 0.25) is 0 Å². The van der Waals surface area contributed by atoms with Gasteiger partial charge in [-0.2, -0.15) is 0 Å². The maximum Gasteiger partial charge on any atom is 0.129 e. The standard InChI is InChI=1S/C29H39N3O3/c33-16-11-25(24-3-1-5-28(19-24)35-27-12-17-34-18-13-27)21-32-15-10-22(20-32)6-8-26-9-7-23-4-2-14-30-29(23)31-26/h1,3,5,7,9,16,19,22,25,27H,2,4,6,8,10-15,17-18,20-21H2,(H,30,31). The van der Waals surface area contributed by atoms with Gasteiger partial charge in [0.1, 0.15) is 24.0 Å². The highest BCUT2D eigenvalue weighted by Crippen LogP contribution is 2.29. The first-order chi connectivity index (χ1) is 17.3. The molecule has 2 atom stereocenters. The van der Waals surface area contributed by atoms with E-state index in [4.69, 9.17) is 14.5 Å². The number of hydrogen-bond acceptors (Lipinski definition) is 6. The van der Waals surface area contributed by atoms with Crippen molar-refractivity contribution >= 4 is 12.1 Å². The highest BCUT2D eigenvalue weighted by atomic mass is 16.5. The van der Waals surface area contributed by atoms with Gasteiger partial charge < -0.3 is 24.5 Å². The van der Waals surface area contributed by atoms with E-state index < -0.39 is 0 Å². The van der Waals surface area contributed by atoms with Crippen LogP contribution in [0, 0.1) is 5.92 Å². The molecule has 0 spiro atoms. The Labute approximate surface area is 209 Å². The van der Waals surface area contributed by atoms with Crippen molar-refractivity contribution in [1.29, 1.82) is 0 Å². The van der Waals surface area contributed by atoms with Gasteiger partial charge in [0, 0.05) is 50.5 Å². The number of likely N-dealkylation sites (tertiary alicyclic amines) is 1. The van der Waals surface area contributed by atoms with Gasteiger partial charge in [-0.05, 0) is 73.9 Å². The number of nitrogens with one attached hydrogen (secondary N) is 1. The largest absolute Gasteiger partial charge is 0.490 e. The zero-order valence-corrected chi connectivity index (χ0v) is 20.8. The molecule has 2 unspecified atom stereocenters. The van der Waals surface area contributed by atoms with Crippen LogP contribution in [0.3, 0.4) is 0 Å². The van der Waals surface area contributed by atoms with E-state index in [-0.39, 0.29) is 12.0 Å². The van der Waals surface area contributed by atoms with Crippen LogP contribution in [0.15, 0.2) is 36.4 Å². The predicted molar refractivity (Wildman–Crippen MR) is 138 cm³/mol. The number of pyridine rings is 1. The van der Waals surface area contributed by atoms with Gasteiger partial charge in [-0.1, -0.05) is 18.2 Å². The van der Waals surface area contributed by atoms with Crippen LogP contribution in [0.4, 0.5) is 5.82 Å². The number of aldehydes is 1. The second-order valence-electron chi connectivity index (χ2n) is 10.4. The molecule has 2 saturated heterocycles. The number of benzene rings is 1. The predicted octanol–water partition coefficient (Wildman–Crippen LogP) is 4.62. The molecule has 188 valence electrons. The summed E-state index contributed by atoms with van der Waals surface area (Å²) in [7, 11) is 0. The summed E-state index contributed by atoms with van der Waals surface area (Å²) in [6, 6.07) is 12.9. The summed E-state index contributed by atoms with van der Waals surface area (Å²) in [4.78, 5) is 18.9. The number of rotatable bonds is 10. The topological polar surface area (TPSA) is 63.7 Å². The van der Waals surface area contributed by atoms with Crippen LogP contribution in [0.5, 0.6) is 5.75 Å². The molecule has 0 bridgehead atoms. The van der Waals surface area contributed by atoms with E-state index in [2.05, 4.69) is 40.5 Å². The summed E-state index contributed by atoms with van der Waals surface area (Å²) in [6.45, 7) is 5.72. The van der Waals surface area contributed by atoms with Gasteiger partial charge in [0.05, 0.1) is 13.2 Å². The summed E-state index contributed by atoms with van der Waals surface area (Å²) in [5, 5.41) is 3.45. The molecule has 1 aromatic heterocycles. The average molecular weight is 478 g/mol. The van der Waals surface area contributed by atoms with E-state index in [1.807, 2.05) is 6.07 Å². The molecule has 0 aliphatic carbocycles. The third kappa shape index (κ3) is 6.62. The number of carbonyl (C=O) groups is 1. The molecule has 2 fully saturated rings. The Balaban J connectivity index is 1.14. The van der Waals surface area contributed by atoms with Gasteiger partial charge in [-0.15, -0.1) is 0 Å². The zero-order chi connectivity index (χ0) is 23.9. The highest BCUT2D eigenvalue weighted by molar-refractivity contribution is 5.52. The molecular formula is C29H39N3O3. The molecule has 1 aromatic carbocycles. The fraction of sp³-hybridized carbons (Fsp3) is 0.586. The van der Waals surface area contributed by atoms with Crippen LogP contribution in [-0.4, -0.2) is 61.7 Å². The highest BCUT2D eigenvalue weighted by Gasteiger charge is 2.26. The summed E-state index contributed by atoms with van der Waals surface area (Å²) < 4.78 is 11.7. The van der Waals surface area contributed by atoms with E-state index in [1.165, 1.54) is 36.1 Å². The van der Waals surface area contributed by atoms with Crippen molar-refractivity contribution in [3.05, 3.63) is 53.2 Å². The lowest BCUT2D eigenvalue weighted by Gasteiger charge is -2.25. The summed E-state index contributed by atoms with van der Waals surface area (Å²) in [5.74, 6) is 2.91. The van der Waals surface area contributed by atoms with E-state index in [1.54, 1.807) is 0 Å². The summed E-state index contributed by atoms with van der Waals surface area (Å²) in [5.41, 5.74) is 3.77. The minimum atomic E-state index is 0.206. The van der Waals surface area contributed by atoms with Crippen molar-refractivity contribution in [2.45, 2.75) is 63.4 Å². The molecule has 2 aromatic rings. The molecule has 0 amide bonds. The second kappa shape index (κ2) is 12.0. The van der Waals surface area contributed by atoms with Gasteiger partial charge in [0.15, 0.2) is 0 Å². The van der Waals surface area contributed by atoms with Crippen molar-refractivity contribution in [3.63, 3.8) is 0 Å². The molecule has 6 nitrogen and oxygen atoms in total. The number of hydrogen-bond donors (Lipinski definition) is 1. The molecule has 35 heavy (non-hydrogen) atoms. The number of aryl methyl sites for hydroxylation is 2. The first-order valence-corrected chi connectivity index (χ1v) is 13.5. The van der Waals surface area contributed by atoms with Crippen LogP contribution in [0.2, 0.25) is 0 Å². The van der Waals surface area contributed by atoms with Crippen molar-refractivity contribution in [2.75, 3.05) is 44.7 Å². The molecule has 4 heterocycles. The number of anilines is 1. The average Bonchev–Trinajstić information content (AvgIpc) is 3.35. The lowest BCUT2D eigenvalue weighted by Crippen LogP contribution is -2.27. The van der Waals surface area contributed by atoms with Gasteiger partial charge in [0.25, 0.3) is 0 Å². The quantitative estimate of drug-likeness (QED) is 0.504. The SMILES string of the molecule is O=CCC(CN1CCC(CCc2ccc3c(n2)NCCC3)C1)c1cccc(OC2CCOCC2)c1. The number of fused-ring (bicyclic) bond motifs is 1. The van der Waals surface area contributed by atoms with Gasteiger partial charge >= 0.3 is 0 Å². The van der Waals surface area contributed by atoms with Crippen LogP contribution in [-0.2, 0) is 22.4 Å². The van der Waals surface area contributed by atoms with Crippen LogP contribution >= 0.6 is 0 Å². The van der Waals surface area contributed by atoms with Crippen molar-refractivity contribution in [3.8, 4) is 5.75 Å². The third-order valence-electron chi connectivity index (χ3n) is 7.79. The molecule has 3 aliphatic heterocycles. The Bertz CT molecular complexity index is 975. The van der Waals surface area contributed by atoms with Crippen LogP contribution < -0.4 is 10.1 Å². The Hall–Kier alpha value is -2.44. The number of aromatic nitrogens is 1. The van der Waals surface area contributed by atoms with E-state index in [0.29, 0.717) is 12.3 Å². The van der Waals surface area contributed by atoms with Crippen molar-refractivity contribution in [2.24, 2.45) is 5.92 Å². The maximum atomic E-state index is 11.5. The van der Waals surface area contributed by atoms with Gasteiger partial charge in [-0.3, -0.25) is 0 Å². The first kappa shape index (κ1) is 24.3. The zero-order valence-electron chi connectivity index (χ0n) is 20.8. The maximum absolute atomic E-state index is 11.5. The summed E-state index contributed by atoms with van der Waals surface area (Å²) in [6.07, 6.45) is 9.50. The third-order valence-corrected chi connectivity index (χ3v) is 7.79. The van der Waals surface area contributed by atoms with Crippen molar-refractivity contribution in [1.82, 2.24) is 9.88 Å². The second-order valence-corrected chi connectivity index (χ2v) is 10.4. The van der Waals surface area contributed by atoms with Gasteiger partial charge in [-0.25, -0.2) is 4.98 Å². The number of ether oxygens (including phenoxy) is 2. The lowest BCUT2D eigenvalue weighted by molar-refractivity contribution is -0.108. The minimum absolute atomic E-state index is 0.206. The number of carbonyl (C=O) groups excluding carboxylic acids is 1.